The first-order valence-electron chi connectivity index (χ1n) is 18.4. The molecule has 51 heavy (non-hydrogen) atoms. The van der Waals surface area contributed by atoms with Crippen molar-refractivity contribution in [2.75, 3.05) is 39.1 Å². The van der Waals surface area contributed by atoms with Gasteiger partial charge in [0.15, 0.2) is 0 Å². The monoisotopic (exact) mass is 724 g/mol. The number of rotatable bonds is 9. The molecule has 0 amide bonds. The number of carbonyl (C=O) groups is 1. The van der Waals surface area contributed by atoms with Crippen LogP contribution in [0.5, 0.6) is 0 Å². The van der Waals surface area contributed by atoms with Gasteiger partial charge in [0.25, 0.3) is 10.0 Å². The van der Waals surface area contributed by atoms with Gasteiger partial charge in [-0.2, -0.15) is 0 Å². The number of nitrogens with one attached hydrogen (secondary N) is 1. The molecule has 1 unspecified atom stereocenters. The van der Waals surface area contributed by atoms with Gasteiger partial charge < -0.3 is 29.2 Å². The summed E-state index contributed by atoms with van der Waals surface area (Å²) in [6.45, 7) is 8.69. The number of likely N-dealkylation sites (N-methyl/N-ethyl adjacent to an activating group) is 1. The van der Waals surface area contributed by atoms with E-state index in [1.807, 2.05) is 19.1 Å². The number of ether oxygens (including phenoxy) is 4. The summed E-state index contributed by atoms with van der Waals surface area (Å²) >= 11 is 0. The number of esters is 1. The van der Waals surface area contributed by atoms with Crippen LogP contribution in [0.25, 0.3) is 0 Å². The maximum Gasteiger partial charge on any atom is 0.340 e. The number of anilines is 1. The zero-order valence-corrected chi connectivity index (χ0v) is 31.5. The topological polar surface area (TPSA) is 144 Å². The molecule has 2 aromatic carbocycles. The summed E-state index contributed by atoms with van der Waals surface area (Å²) in [6, 6.07) is 10.2. The molecule has 0 radical (unpaired) electrons. The van der Waals surface area contributed by atoms with Crippen LogP contribution in [0.4, 0.5) is 5.69 Å². The van der Waals surface area contributed by atoms with Gasteiger partial charge in [-0.15, -0.1) is 0 Å². The number of nitrogens with zero attached hydrogens (tertiary/aromatic N) is 1. The maximum absolute atomic E-state index is 14.6. The number of para-hydroxylation sites is 1. The normalized spacial score (nSPS) is 42.1. The lowest BCUT2D eigenvalue weighted by atomic mass is 9.44. The number of sulfonamides is 1. The van der Waals surface area contributed by atoms with E-state index >= 15 is 0 Å². The van der Waals surface area contributed by atoms with Gasteiger partial charge in [-0.25, -0.2) is 13.2 Å². The second-order valence-corrected chi connectivity index (χ2v) is 18.0. The van der Waals surface area contributed by atoms with E-state index in [2.05, 4.69) is 16.5 Å². The zero-order chi connectivity index (χ0) is 36.5. The van der Waals surface area contributed by atoms with Gasteiger partial charge in [0, 0.05) is 69.4 Å². The van der Waals surface area contributed by atoms with Gasteiger partial charge in [0.1, 0.15) is 16.8 Å². The van der Waals surface area contributed by atoms with E-state index in [9.17, 15) is 23.4 Å². The quantitative estimate of drug-likeness (QED) is 0.325. The third kappa shape index (κ3) is 4.38. The van der Waals surface area contributed by atoms with Gasteiger partial charge in [0.2, 0.25) is 0 Å². The Bertz CT molecular complexity index is 1850. The van der Waals surface area contributed by atoms with E-state index in [1.54, 1.807) is 59.4 Å². The molecule has 278 valence electrons. The Morgan fingerprint density at radius 3 is 2.35 bits per heavy atom. The average molecular weight is 725 g/mol. The highest BCUT2D eigenvalue weighted by molar-refractivity contribution is 7.92. The van der Waals surface area contributed by atoms with Crippen LogP contribution in [0.15, 0.2) is 41.3 Å². The summed E-state index contributed by atoms with van der Waals surface area (Å²) in [5.41, 5.74) is -2.13. The molecule has 12 atom stereocenters. The van der Waals surface area contributed by atoms with E-state index in [0.29, 0.717) is 56.3 Å². The van der Waals surface area contributed by atoms with Crippen molar-refractivity contribution in [3.8, 4) is 0 Å². The number of aryl methyl sites for hydroxylation is 3. The molecule has 5 saturated carbocycles. The fourth-order valence-corrected chi connectivity index (χ4v) is 14.7. The number of carbonyl (C=O) groups excluding carboxylic acids is 1. The number of piperidine rings is 1. The van der Waals surface area contributed by atoms with Crippen molar-refractivity contribution in [2.24, 2.45) is 29.1 Å². The van der Waals surface area contributed by atoms with E-state index in [-0.39, 0.29) is 52.1 Å². The molecule has 8 rings (SSSR count). The minimum absolute atomic E-state index is 0.105. The summed E-state index contributed by atoms with van der Waals surface area (Å²) in [5, 5.41) is 26.0. The summed E-state index contributed by atoms with van der Waals surface area (Å²) in [7, 11) is 0.965. The Morgan fingerprint density at radius 2 is 1.71 bits per heavy atom. The molecule has 5 aliphatic carbocycles. The molecule has 1 aliphatic heterocycles. The van der Waals surface area contributed by atoms with Gasteiger partial charge in [-0.3, -0.25) is 9.62 Å². The summed E-state index contributed by atoms with van der Waals surface area (Å²) < 4.78 is 55.7. The van der Waals surface area contributed by atoms with E-state index in [1.165, 1.54) is 0 Å². The molecule has 12 heteroatoms. The SMILES string of the molecule is CCN1C[C@]2(OC(=O)c3ccccc3NS(=O)(=O)c3c(C)cc(C)cc3C)CC[C@H](OC)[C@]34C1[C@H](C[C@H]23)[C@@]1(O)C[C@H](OC)[C@H]2C[C@@H]4[C@]1(O)[C@H]2OC. The first kappa shape index (κ1) is 35.4. The van der Waals surface area contributed by atoms with Crippen molar-refractivity contribution in [1.29, 1.82) is 0 Å². The van der Waals surface area contributed by atoms with Crippen LogP contribution in [-0.2, 0) is 29.0 Å². The molecule has 3 N–H and O–H groups in total. The summed E-state index contributed by atoms with van der Waals surface area (Å²) in [6.07, 6.45) is 1.48. The second kappa shape index (κ2) is 11.7. The average Bonchev–Trinajstić information content (AvgIpc) is 3.50. The first-order valence-corrected chi connectivity index (χ1v) is 19.9. The van der Waals surface area contributed by atoms with Gasteiger partial charge in [-0.05, 0) is 76.3 Å². The van der Waals surface area contributed by atoms with Crippen molar-refractivity contribution in [1.82, 2.24) is 4.90 Å². The minimum Gasteiger partial charge on any atom is -0.454 e. The van der Waals surface area contributed by atoms with Crippen molar-refractivity contribution < 1.29 is 42.4 Å². The van der Waals surface area contributed by atoms with E-state index in [0.717, 1.165) is 5.56 Å². The van der Waals surface area contributed by atoms with Crippen molar-refractivity contribution in [3.05, 3.63) is 58.7 Å². The number of hydrogen-bond acceptors (Lipinski definition) is 10. The Balaban J connectivity index is 1.20. The molecule has 1 saturated heterocycles. The largest absolute Gasteiger partial charge is 0.454 e. The second-order valence-electron chi connectivity index (χ2n) is 16.3. The number of likely N-dealkylation sites (tertiary alicyclic amines) is 1. The highest BCUT2D eigenvalue weighted by Gasteiger charge is 2.89. The van der Waals surface area contributed by atoms with Crippen LogP contribution >= 0.6 is 0 Å². The molecule has 6 fully saturated rings. The fourth-order valence-electron chi connectivity index (χ4n) is 13.2. The smallest absolute Gasteiger partial charge is 0.340 e. The zero-order valence-electron chi connectivity index (χ0n) is 30.6. The predicted molar refractivity (Wildman–Crippen MR) is 189 cm³/mol. The standard InChI is InChI=1S/C39H52N2O9S/c1-8-41-20-36(50-35(42)24-11-9-10-12-27(24)40-51(45,46)32-22(3)15-21(2)16-23(32)4)14-13-31(48-6)38-29(36)18-26(33(38)41)37(43)19-28(47-5)25-17-30(38)39(37,44)34(25)49-7/h9-12,15-16,25-26,28-31,33-34,40,43-44H,8,13-14,17-20H2,1-7H3/t25-,26+,28+,29-,30+,31+,33?,34+,36-,37+,38+,39+/m1/s1. The van der Waals surface area contributed by atoms with Crippen LogP contribution in [0.2, 0.25) is 0 Å². The maximum atomic E-state index is 14.6. The first-order chi connectivity index (χ1) is 24.2. The molecule has 2 aromatic rings. The van der Waals surface area contributed by atoms with Crippen molar-refractivity contribution in [3.63, 3.8) is 0 Å². The lowest BCUT2D eigenvalue weighted by Gasteiger charge is -2.70. The predicted octanol–water partition coefficient (Wildman–Crippen LogP) is 3.99. The van der Waals surface area contributed by atoms with E-state index in [4.69, 9.17) is 18.9 Å². The third-order valence-electron chi connectivity index (χ3n) is 14.4. The lowest BCUT2D eigenvalue weighted by Crippen LogP contribution is -2.83. The number of methoxy groups -OCH3 is 3. The summed E-state index contributed by atoms with van der Waals surface area (Å²) in [5.74, 6) is -1.67. The lowest BCUT2D eigenvalue weighted by molar-refractivity contribution is -0.337. The van der Waals surface area contributed by atoms with E-state index < -0.39 is 50.2 Å². The Morgan fingerprint density at radius 1 is 1.00 bits per heavy atom. The van der Waals surface area contributed by atoms with Crippen LogP contribution in [0.3, 0.4) is 0 Å². The molecule has 7 bridgehead atoms. The number of fused-ring (bicyclic) bond motifs is 2. The Hall–Kier alpha value is -2.58. The summed E-state index contributed by atoms with van der Waals surface area (Å²) in [4.78, 5) is 17.1. The molecular formula is C39H52N2O9S. The third-order valence-corrected chi connectivity index (χ3v) is 16.1. The highest BCUT2D eigenvalue weighted by Crippen LogP contribution is 2.79. The molecule has 11 nitrogen and oxygen atoms in total. The van der Waals surface area contributed by atoms with Crippen LogP contribution in [0, 0.1) is 49.9 Å². The molecule has 6 aliphatic rings. The van der Waals surface area contributed by atoms with Gasteiger partial charge >= 0.3 is 5.97 Å². The van der Waals surface area contributed by atoms with Gasteiger partial charge in [0.05, 0.1) is 34.5 Å². The Kier molecular flexibility index (Phi) is 8.14. The molecule has 1 heterocycles. The van der Waals surface area contributed by atoms with Crippen LogP contribution < -0.4 is 4.72 Å². The fraction of sp³-hybridized carbons (Fsp3) is 0.667. The highest BCUT2D eigenvalue weighted by atomic mass is 32.2. The molecular weight excluding hydrogens is 673 g/mol. The minimum atomic E-state index is -4.05. The molecule has 0 aromatic heterocycles. The van der Waals surface area contributed by atoms with Crippen molar-refractivity contribution in [2.45, 2.75) is 106 Å². The number of hydrogen-bond donors (Lipinski definition) is 3. The number of benzene rings is 2. The Labute approximate surface area is 301 Å². The van der Waals surface area contributed by atoms with Gasteiger partial charge in [-0.1, -0.05) is 36.8 Å². The van der Waals surface area contributed by atoms with Crippen molar-refractivity contribution >= 4 is 21.7 Å². The van der Waals surface area contributed by atoms with Crippen LogP contribution in [0.1, 0.15) is 66.1 Å². The number of aliphatic hydroxyl groups is 2. The molecule has 1 spiro atoms. The van der Waals surface area contributed by atoms with Crippen LogP contribution in [-0.4, -0.2) is 105 Å².